The summed E-state index contributed by atoms with van der Waals surface area (Å²) in [6.45, 7) is 3.40. The molecule has 0 amide bonds. The van der Waals surface area contributed by atoms with Crippen molar-refractivity contribution in [2.24, 2.45) is 5.73 Å². The lowest BCUT2D eigenvalue weighted by Crippen LogP contribution is -2.15. The average molecular weight is 365 g/mol. The number of hydrogen-bond acceptors (Lipinski definition) is 4. The van der Waals surface area contributed by atoms with Gasteiger partial charge in [0.2, 0.25) is 0 Å². The maximum absolute atomic E-state index is 12.9. The van der Waals surface area contributed by atoms with E-state index in [4.69, 9.17) is 10.5 Å². The van der Waals surface area contributed by atoms with Crippen LogP contribution in [0.5, 0.6) is 5.75 Å². The summed E-state index contributed by atoms with van der Waals surface area (Å²) in [5.74, 6) is 0.0706. The van der Waals surface area contributed by atoms with Crippen LogP contribution in [-0.2, 0) is 0 Å². The number of carbonyl (C=O) groups excluding carboxylic acids is 2. The zero-order valence-corrected chi connectivity index (χ0v) is 14.2. The van der Waals surface area contributed by atoms with E-state index in [0.717, 1.165) is 4.47 Å². The normalized spacial score (nSPS) is 10.6. The first-order valence-corrected chi connectivity index (χ1v) is 7.50. The van der Waals surface area contributed by atoms with E-state index in [1.54, 1.807) is 32.0 Å². The molecule has 0 aliphatic rings. The summed E-state index contributed by atoms with van der Waals surface area (Å²) < 4.78 is 6.04. The molecule has 6 heteroatoms. The summed E-state index contributed by atoms with van der Waals surface area (Å²) in [7, 11) is 1.51. The minimum absolute atomic E-state index is 0.103. The number of halogens is 1. The number of aryl methyl sites for hydroxylation is 1. The summed E-state index contributed by atoms with van der Waals surface area (Å²) in [4.78, 5) is 27.7. The van der Waals surface area contributed by atoms with Crippen LogP contribution in [0.2, 0.25) is 0 Å². The first kappa shape index (κ1) is 16.5. The zero-order valence-electron chi connectivity index (χ0n) is 12.6. The number of hydrogen-bond donors (Lipinski definition) is 2. The van der Waals surface area contributed by atoms with Gasteiger partial charge in [-0.05, 0) is 37.6 Å². The molecule has 0 atom stereocenters. The van der Waals surface area contributed by atoms with E-state index in [2.05, 4.69) is 20.9 Å². The Balaban J connectivity index is 2.58. The fraction of sp³-hybridized carbons (Fsp3) is 0.250. The molecule has 0 fully saturated rings. The molecule has 1 aromatic carbocycles. The van der Waals surface area contributed by atoms with Crippen LogP contribution < -0.4 is 10.5 Å². The van der Waals surface area contributed by atoms with Crippen LogP contribution in [0.3, 0.4) is 0 Å². The number of nitrogens with two attached hydrogens (primary N) is 1. The predicted molar refractivity (Wildman–Crippen MR) is 87.8 cm³/mol. The number of rotatable bonds is 5. The molecule has 0 unspecified atom stereocenters. The lowest BCUT2D eigenvalue weighted by Gasteiger charge is -2.09. The monoisotopic (exact) mass is 364 g/mol. The highest BCUT2D eigenvalue weighted by atomic mass is 79.9. The lowest BCUT2D eigenvalue weighted by molar-refractivity contribution is 0.0996. The van der Waals surface area contributed by atoms with E-state index in [-0.39, 0.29) is 18.1 Å². The molecule has 0 bridgehead atoms. The fourth-order valence-corrected chi connectivity index (χ4v) is 2.82. The van der Waals surface area contributed by atoms with E-state index in [1.807, 2.05) is 0 Å². The number of H-pyrrole nitrogens is 1. The highest BCUT2D eigenvalue weighted by Gasteiger charge is 2.24. The Morgan fingerprint density at radius 2 is 2.00 bits per heavy atom. The van der Waals surface area contributed by atoms with Gasteiger partial charge in [0.05, 0.1) is 24.9 Å². The molecule has 1 heterocycles. The van der Waals surface area contributed by atoms with Gasteiger partial charge in [0.1, 0.15) is 5.75 Å². The van der Waals surface area contributed by atoms with E-state index >= 15 is 0 Å². The van der Waals surface area contributed by atoms with Crippen LogP contribution in [0.1, 0.15) is 37.7 Å². The standard InChI is InChI=1S/C16H17BrN2O3/c1-8-14(9(2)19-15(8)12(20)7-18)16(21)11-6-10(17)4-5-13(11)22-3/h4-6,19H,7,18H2,1-3H3. The molecule has 0 radical (unpaired) electrons. The van der Waals surface area contributed by atoms with Gasteiger partial charge in [-0.25, -0.2) is 0 Å². The predicted octanol–water partition coefficient (Wildman–Crippen LogP) is 2.78. The smallest absolute Gasteiger partial charge is 0.198 e. The van der Waals surface area contributed by atoms with Gasteiger partial charge in [-0.1, -0.05) is 15.9 Å². The van der Waals surface area contributed by atoms with E-state index in [0.29, 0.717) is 33.8 Å². The number of methoxy groups -OCH3 is 1. The van der Waals surface area contributed by atoms with Crippen molar-refractivity contribution >= 4 is 27.5 Å². The van der Waals surface area contributed by atoms with E-state index in [1.165, 1.54) is 7.11 Å². The molecule has 2 rings (SSSR count). The SMILES string of the molecule is COc1ccc(Br)cc1C(=O)c1c(C)[nH]c(C(=O)CN)c1C. The minimum atomic E-state index is -0.221. The van der Waals surface area contributed by atoms with Gasteiger partial charge in [-0.2, -0.15) is 0 Å². The first-order chi connectivity index (χ1) is 10.4. The van der Waals surface area contributed by atoms with Crippen LogP contribution in [-0.4, -0.2) is 30.2 Å². The summed E-state index contributed by atoms with van der Waals surface area (Å²) in [6, 6.07) is 5.23. The molecule has 2 aromatic rings. The zero-order chi connectivity index (χ0) is 16.4. The van der Waals surface area contributed by atoms with Gasteiger partial charge >= 0.3 is 0 Å². The van der Waals surface area contributed by atoms with Crippen LogP contribution in [0.4, 0.5) is 0 Å². The Morgan fingerprint density at radius 1 is 1.32 bits per heavy atom. The second-order valence-electron chi connectivity index (χ2n) is 4.93. The largest absolute Gasteiger partial charge is 0.496 e. The van der Waals surface area contributed by atoms with Crippen molar-refractivity contribution in [1.29, 1.82) is 0 Å². The second kappa shape index (κ2) is 6.46. The molecule has 22 heavy (non-hydrogen) atoms. The quantitative estimate of drug-likeness (QED) is 0.798. The average Bonchev–Trinajstić information content (AvgIpc) is 2.80. The lowest BCUT2D eigenvalue weighted by atomic mass is 9.98. The van der Waals surface area contributed by atoms with Crippen molar-refractivity contribution in [3.8, 4) is 5.75 Å². The summed E-state index contributed by atoms with van der Waals surface area (Å²) in [6.07, 6.45) is 0. The van der Waals surface area contributed by atoms with Crippen molar-refractivity contribution in [3.05, 3.63) is 50.8 Å². The molecule has 0 saturated carbocycles. The number of ketones is 2. The Labute approximate surface area is 137 Å². The number of carbonyl (C=O) groups is 2. The Kier molecular flexibility index (Phi) is 4.83. The third kappa shape index (κ3) is 2.84. The molecule has 3 N–H and O–H groups in total. The van der Waals surface area contributed by atoms with Gasteiger partial charge in [0.15, 0.2) is 11.6 Å². The van der Waals surface area contributed by atoms with Gasteiger partial charge < -0.3 is 15.5 Å². The molecule has 1 aromatic heterocycles. The van der Waals surface area contributed by atoms with Gasteiger partial charge in [0.25, 0.3) is 0 Å². The van der Waals surface area contributed by atoms with Crippen molar-refractivity contribution in [1.82, 2.24) is 4.98 Å². The Hall–Kier alpha value is -1.92. The van der Waals surface area contributed by atoms with E-state index < -0.39 is 0 Å². The Morgan fingerprint density at radius 3 is 2.59 bits per heavy atom. The van der Waals surface area contributed by atoms with Crippen LogP contribution in [0.15, 0.2) is 22.7 Å². The number of Topliss-reactive ketones (excluding diaryl/α,β-unsaturated/α-hetero) is 1. The number of aromatic nitrogens is 1. The maximum Gasteiger partial charge on any atom is 0.198 e. The molecule has 0 aliphatic carbocycles. The van der Waals surface area contributed by atoms with E-state index in [9.17, 15) is 9.59 Å². The molecule has 0 saturated heterocycles. The molecular weight excluding hydrogens is 348 g/mol. The molecule has 116 valence electrons. The minimum Gasteiger partial charge on any atom is -0.496 e. The third-order valence-electron chi connectivity index (χ3n) is 3.53. The molecule has 0 spiro atoms. The second-order valence-corrected chi connectivity index (χ2v) is 5.84. The number of nitrogens with one attached hydrogen (secondary N) is 1. The van der Waals surface area contributed by atoms with Crippen LogP contribution >= 0.6 is 15.9 Å². The Bertz CT molecular complexity index is 750. The summed E-state index contributed by atoms with van der Waals surface area (Å²) in [5.41, 5.74) is 7.96. The number of ether oxygens (including phenoxy) is 1. The van der Waals surface area contributed by atoms with Crippen LogP contribution in [0, 0.1) is 13.8 Å². The summed E-state index contributed by atoms with van der Waals surface area (Å²) >= 11 is 3.36. The third-order valence-corrected chi connectivity index (χ3v) is 4.03. The van der Waals surface area contributed by atoms with Crippen molar-refractivity contribution < 1.29 is 14.3 Å². The highest BCUT2D eigenvalue weighted by Crippen LogP contribution is 2.28. The van der Waals surface area contributed by atoms with Crippen molar-refractivity contribution in [2.75, 3.05) is 13.7 Å². The molecular formula is C16H17BrN2O3. The van der Waals surface area contributed by atoms with Gasteiger partial charge in [0, 0.05) is 15.7 Å². The molecule has 0 aliphatic heterocycles. The summed E-state index contributed by atoms with van der Waals surface area (Å²) in [5, 5.41) is 0. The topological polar surface area (TPSA) is 85.2 Å². The van der Waals surface area contributed by atoms with Crippen molar-refractivity contribution in [2.45, 2.75) is 13.8 Å². The van der Waals surface area contributed by atoms with Gasteiger partial charge in [-0.15, -0.1) is 0 Å². The van der Waals surface area contributed by atoms with Crippen LogP contribution in [0.25, 0.3) is 0 Å². The number of benzene rings is 1. The number of aromatic amines is 1. The van der Waals surface area contributed by atoms with Gasteiger partial charge in [-0.3, -0.25) is 9.59 Å². The first-order valence-electron chi connectivity index (χ1n) is 6.71. The van der Waals surface area contributed by atoms with Crippen molar-refractivity contribution in [3.63, 3.8) is 0 Å². The molecule has 5 nitrogen and oxygen atoms in total. The maximum atomic E-state index is 12.9. The fourth-order valence-electron chi connectivity index (χ4n) is 2.46. The highest BCUT2D eigenvalue weighted by molar-refractivity contribution is 9.10.